The smallest absolute Gasteiger partial charge is 0.182 e. The maximum Gasteiger partial charge on any atom is 0.182 e. The van der Waals surface area contributed by atoms with Gasteiger partial charge in [-0.05, 0) is 25.3 Å². The summed E-state index contributed by atoms with van der Waals surface area (Å²) in [5.74, 6) is -1.53. The molecule has 0 heterocycles. The summed E-state index contributed by atoms with van der Waals surface area (Å²) in [5.41, 5.74) is 0. The molecule has 0 radical (unpaired) electrons. The van der Waals surface area contributed by atoms with Crippen molar-refractivity contribution in [1.29, 1.82) is 0 Å². The average Bonchev–Trinajstić information content (AvgIpc) is 1.81. The molecule has 0 fully saturated rings. The third-order valence-corrected chi connectivity index (χ3v) is 1.80. The molecule has 0 aromatic heterocycles. The van der Waals surface area contributed by atoms with Gasteiger partial charge in [-0.25, -0.2) is 0 Å². The van der Waals surface area contributed by atoms with Crippen molar-refractivity contribution in [3.8, 4) is 0 Å². The third-order valence-electron chi connectivity index (χ3n) is 1.80. The van der Waals surface area contributed by atoms with Crippen LogP contribution >= 0.6 is 0 Å². The van der Waals surface area contributed by atoms with Crippen LogP contribution in [0.3, 0.4) is 0 Å². The summed E-state index contributed by atoms with van der Waals surface area (Å²) in [4.78, 5) is 0. The van der Waals surface area contributed by atoms with E-state index < -0.39 is 5.79 Å². The molecule has 0 spiro atoms. The molecule has 0 aromatic carbocycles. The molecule has 2 N–H and O–H groups in total. The van der Waals surface area contributed by atoms with E-state index in [4.69, 9.17) is 10.2 Å². The second-order valence-corrected chi connectivity index (χ2v) is 2.88. The zero-order valence-electron chi connectivity index (χ0n) is 6.08. The van der Waals surface area contributed by atoms with Gasteiger partial charge in [0.25, 0.3) is 0 Å². The van der Waals surface area contributed by atoms with Crippen LogP contribution in [-0.2, 0) is 0 Å². The van der Waals surface area contributed by atoms with Gasteiger partial charge in [0.1, 0.15) is 0 Å². The molecular weight excluding hydrogens is 128 g/mol. The number of hydrogen-bond acceptors (Lipinski definition) is 2. The monoisotopic (exact) mass is 142 g/mol. The quantitative estimate of drug-likeness (QED) is 0.394. The highest BCUT2D eigenvalue weighted by atomic mass is 16.5. The molecule has 0 atom stereocenters. The highest BCUT2D eigenvalue weighted by Gasteiger charge is 2.18. The Morgan fingerprint density at radius 3 is 2.70 bits per heavy atom. The van der Waals surface area contributed by atoms with E-state index in [9.17, 15) is 0 Å². The Kier molecular flexibility index (Phi) is 2.46. The van der Waals surface area contributed by atoms with Crippen molar-refractivity contribution in [2.75, 3.05) is 0 Å². The Balaban J connectivity index is 2.49. The van der Waals surface area contributed by atoms with Gasteiger partial charge in [-0.15, -0.1) is 0 Å². The van der Waals surface area contributed by atoms with Crippen molar-refractivity contribution in [3.05, 3.63) is 12.2 Å². The molecule has 2 nitrogen and oxygen atoms in total. The predicted octanol–water partition coefficient (Wildman–Crippen LogP) is 1.19. The van der Waals surface area contributed by atoms with E-state index >= 15 is 0 Å². The van der Waals surface area contributed by atoms with Gasteiger partial charge in [-0.2, -0.15) is 0 Å². The van der Waals surface area contributed by atoms with Crippen molar-refractivity contribution in [1.82, 2.24) is 0 Å². The van der Waals surface area contributed by atoms with E-state index in [1.54, 1.807) is 0 Å². The zero-order chi connectivity index (χ0) is 7.45. The first-order chi connectivity index (χ1) is 4.71. The van der Waals surface area contributed by atoms with E-state index in [1.165, 1.54) is 12.5 Å². The molecule has 0 unspecified atom stereocenters. The normalized spacial score (nSPS) is 25.4. The summed E-state index contributed by atoms with van der Waals surface area (Å²) in [6.07, 6.45) is 7.98. The number of hydrogen-bond donors (Lipinski definition) is 2. The van der Waals surface area contributed by atoms with Gasteiger partial charge in [-0.1, -0.05) is 12.5 Å². The fraction of sp³-hybridized carbons (Fsp3) is 0.750. The van der Waals surface area contributed by atoms with E-state index in [0.717, 1.165) is 19.3 Å². The second-order valence-electron chi connectivity index (χ2n) is 2.88. The molecule has 1 rings (SSSR count). The summed E-state index contributed by atoms with van der Waals surface area (Å²) in [7, 11) is 0. The lowest BCUT2D eigenvalue weighted by Crippen LogP contribution is -2.25. The average molecular weight is 142 g/mol. The van der Waals surface area contributed by atoms with Crippen molar-refractivity contribution < 1.29 is 10.2 Å². The zero-order valence-corrected chi connectivity index (χ0v) is 6.08. The molecule has 10 heavy (non-hydrogen) atoms. The summed E-state index contributed by atoms with van der Waals surface area (Å²) in [6.45, 7) is 0. The van der Waals surface area contributed by atoms with Crippen LogP contribution in [0.2, 0.25) is 0 Å². The van der Waals surface area contributed by atoms with Crippen molar-refractivity contribution >= 4 is 0 Å². The van der Waals surface area contributed by atoms with Crippen LogP contribution in [0, 0.1) is 0 Å². The van der Waals surface area contributed by atoms with Gasteiger partial charge in [0.15, 0.2) is 5.79 Å². The maximum absolute atomic E-state index is 9.15. The lowest BCUT2D eigenvalue weighted by Gasteiger charge is -2.18. The van der Waals surface area contributed by atoms with Crippen LogP contribution in [0.15, 0.2) is 12.2 Å². The summed E-state index contributed by atoms with van der Waals surface area (Å²) < 4.78 is 0. The molecule has 58 valence electrons. The van der Waals surface area contributed by atoms with Crippen molar-refractivity contribution in [2.45, 2.75) is 37.9 Å². The largest absolute Gasteiger partial charge is 0.362 e. The maximum atomic E-state index is 9.15. The van der Waals surface area contributed by atoms with Gasteiger partial charge in [0.2, 0.25) is 0 Å². The van der Waals surface area contributed by atoms with Crippen LogP contribution in [-0.4, -0.2) is 16.0 Å². The molecule has 0 bridgehead atoms. The summed E-state index contributed by atoms with van der Waals surface area (Å²) in [6, 6.07) is 0. The molecule has 0 aromatic rings. The molecular formula is C8H14O2. The van der Waals surface area contributed by atoms with Gasteiger partial charge in [-0.3, -0.25) is 0 Å². The first kappa shape index (κ1) is 7.76. The Hall–Kier alpha value is -0.340. The Morgan fingerprint density at radius 1 is 1.10 bits per heavy atom. The molecule has 2 heteroatoms. The minimum atomic E-state index is -1.53. The minimum Gasteiger partial charge on any atom is -0.362 e. The number of aliphatic hydroxyl groups is 2. The van der Waals surface area contributed by atoms with Crippen LogP contribution < -0.4 is 0 Å². The Morgan fingerprint density at radius 2 is 1.90 bits per heavy atom. The topological polar surface area (TPSA) is 40.5 Å². The highest BCUT2D eigenvalue weighted by Crippen LogP contribution is 2.17. The van der Waals surface area contributed by atoms with Gasteiger partial charge in [0, 0.05) is 6.42 Å². The number of rotatable bonds is 0. The predicted molar refractivity (Wildman–Crippen MR) is 39.4 cm³/mol. The molecule has 1 aliphatic rings. The van der Waals surface area contributed by atoms with E-state index in [-0.39, 0.29) is 0 Å². The molecule has 0 saturated heterocycles. The van der Waals surface area contributed by atoms with Crippen LogP contribution in [0.4, 0.5) is 0 Å². The fourth-order valence-corrected chi connectivity index (χ4v) is 1.18. The molecule has 0 saturated carbocycles. The lowest BCUT2D eigenvalue weighted by molar-refractivity contribution is -0.124. The molecule has 1 aliphatic carbocycles. The van der Waals surface area contributed by atoms with Crippen molar-refractivity contribution in [2.24, 2.45) is 0 Å². The lowest BCUT2D eigenvalue weighted by atomic mass is 10.0. The van der Waals surface area contributed by atoms with Crippen LogP contribution in [0.1, 0.15) is 32.1 Å². The fourth-order valence-electron chi connectivity index (χ4n) is 1.18. The Bertz CT molecular complexity index is 127. The van der Waals surface area contributed by atoms with E-state index in [2.05, 4.69) is 0 Å². The third kappa shape index (κ3) is 2.50. The molecule has 0 amide bonds. The van der Waals surface area contributed by atoms with E-state index in [1.807, 2.05) is 6.08 Å². The van der Waals surface area contributed by atoms with Crippen molar-refractivity contribution in [3.63, 3.8) is 0 Å². The summed E-state index contributed by atoms with van der Waals surface area (Å²) >= 11 is 0. The van der Waals surface area contributed by atoms with Gasteiger partial charge in [0.05, 0.1) is 0 Å². The van der Waals surface area contributed by atoms with Gasteiger partial charge < -0.3 is 10.2 Å². The first-order valence-corrected chi connectivity index (χ1v) is 3.83. The number of allylic oxidation sites excluding steroid dienone is 1. The summed E-state index contributed by atoms with van der Waals surface area (Å²) in [5, 5.41) is 18.3. The van der Waals surface area contributed by atoms with Crippen LogP contribution in [0.25, 0.3) is 0 Å². The standard InChI is InChI=1S/C8H14O2/c9-8(10)6-4-2-1-3-5-7-8/h4,6,9-10H,1-3,5,7H2. The van der Waals surface area contributed by atoms with Crippen LogP contribution in [0.5, 0.6) is 0 Å². The Labute approximate surface area is 61.2 Å². The van der Waals surface area contributed by atoms with E-state index in [0.29, 0.717) is 6.42 Å². The minimum absolute atomic E-state index is 0.476. The second kappa shape index (κ2) is 3.17. The SMILES string of the molecule is OC1(O)C=CCCCCC1. The highest BCUT2D eigenvalue weighted by molar-refractivity contribution is 4.94. The van der Waals surface area contributed by atoms with Gasteiger partial charge >= 0.3 is 0 Å². The first-order valence-electron chi connectivity index (χ1n) is 3.83. The molecule has 0 aliphatic heterocycles.